The zero-order valence-corrected chi connectivity index (χ0v) is 8.22. The molecule has 1 aliphatic rings. The van der Waals surface area contributed by atoms with Crippen molar-refractivity contribution in [3.8, 4) is 0 Å². The van der Waals surface area contributed by atoms with Gasteiger partial charge in [0.25, 0.3) is 0 Å². The van der Waals surface area contributed by atoms with Crippen molar-refractivity contribution in [3.63, 3.8) is 0 Å². The van der Waals surface area contributed by atoms with Crippen molar-refractivity contribution >= 4 is 17.5 Å². The second kappa shape index (κ2) is 3.28. The Labute approximate surface area is 88.1 Å². The Kier molecular flexibility index (Phi) is 1.81. The zero-order chi connectivity index (χ0) is 10.1. The molecule has 0 atom stereocenters. The predicted molar refractivity (Wildman–Crippen MR) is 61.3 cm³/mol. The van der Waals surface area contributed by atoms with Gasteiger partial charge in [0, 0.05) is 36.4 Å². The molecule has 3 rings (SSSR count). The van der Waals surface area contributed by atoms with Crippen molar-refractivity contribution in [3.05, 3.63) is 48.5 Å². The summed E-state index contributed by atoms with van der Waals surface area (Å²) in [6, 6.07) is 8.35. The van der Waals surface area contributed by atoms with Crippen LogP contribution in [-0.4, -0.2) is 16.1 Å². The summed E-state index contributed by atoms with van der Waals surface area (Å²) in [6.07, 6.45) is 7.62. The number of para-hydroxylation sites is 1. The van der Waals surface area contributed by atoms with Crippen LogP contribution in [0.1, 0.15) is 5.56 Å². The maximum Gasteiger partial charge on any atom is 0.0986 e. The van der Waals surface area contributed by atoms with E-state index in [-0.39, 0.29) is 0 Å². The van der Waals surface area contributed by atoms with E-state index >= 15 is 0 Å². The minimum Gasteiger partial charge on any atom is -0.380 e. The second-order valence-corrected chi connectivity index (χ2v) is 3.56. The molecule has 0 fully saturated rings. The third-order valence-electron chi connectivity index (χ3n) is 2.57. The topological polar surface area (TPSA) is 29.9 Å². The smallest absolute Gasteiger partial charge is 0.0986 e. The van der Waals surface area contributed by atoms with Gasteiger partial charge in [-0.25, -0.2) is 4.98 Å². The lowest BCUT2D eigenvalue weighted by molar-refractivity contribution is 1.14. The Balaban J connectivity index is 2.04. The maximum atomic E-state index is 4.02. The highest BCUT2D eigenvalue weighted by Crippen LogP contribution is 2.30. The molecule has 1 N–H and O–H groups in total. The lowest BCUT2D eigenvalue weighted by Gasteiger charge is -1.98. The zero-order valence-electron chi connectivity index (χ0n) is 8.22. The number of hydrogen-bond donors (Lipinski definition) is 1. The SMILES string of the molecule is C(=C1CNc2ccccc21)n1ccnc1. The molecule has 0 saturated carbocycles. The van der Waals surface area contributed by atoms with Crippen LogP contribution >= 0.6 is 0 Å². The van der Waals surface area contributed by atoms with Gasteiger partial charge in [-0.1, -0.05) is 18.2 Å². The van der Waals surface area contributed by atoms with Gasteiger partial charge >= 0.3 is 0 Å². The Morgan fingerprint density at radius 1 is 1.33 bits per heavy atom. The fourth-order valence-corrected chi connectivity index (χ4v) is 1.84. The van der Waals surface area contributed by atoms with E-state index in [1.807, 2.05) is 16.8 Å². The first-order valence-electron chi connectivity index (χ1n) is 4.95. The summed E-state index contributed by atoms with van der Waals surface area (Å²) < 4.78 is 1.97. The maximum absolute atomic E-state index is 4.02. The Morgan fingerprint density at radius 2 is 2.27 bits per heavy atom. The van der Waals surface area contributed by atoms with Gasteiger partial charge in [-0.3, -0.25) is 0 Å². The second-order valence-electron chi connectivity index (χ2n) is 3.56. The molecule has 3 nitrogen and oxygen atoms in total. The van der Waals surface area contributed by atoms with E-state index in [0.717, 1.165) is 6.54 Å². The van der Waals surface area contributed by atoms with Crippen LogP contribution in [0.4, 0.5) is 5.69 Å². The first-order chi connectivity index (χ1) is 7.43. The van der Waals surface area contributed by atoms with Crippen LogP contribution < -0.4 is 5.32 Å². The molecule has 1 aliphatic heterocycles. The van der Waals surface area contributed by atoms with E-state index in [2.05, 4.69) is 34.7 Å². The fourth-order valence-electron chi connectivity index (χ4n) is 1.84. The molecule has 2 heterocycles. The minimum atomic E-state index is 0.886. The van der Waals surface area contributed by atoms with Gasteiger partial charge in [-0.2, -0.15) is 0 Å². The largest absolute Gasteiger partial charge is 0.380 e. The molecule has 1 aromatic carbocycles. The first-order valence-corrected chi connectivity index (χ1v) is 4.95. The Bertz CT molecular complexity index is 497. The van der Waals surface area contributed by atoms with Crippen LogP contribution in [0.25, 0.3) is 11.8 Å². The van der Waals surface area contributed by atoms with Crippen molar-refractivity contribution in [1.29, 1.82) is 0 Å². The first kappa shape index (κ1) is 8.29. The standard InChI is InChI=1S/C12H11N3/c1-2-4-12-11(3-1)10(7-14-12)8-15-6-5-13-9-15/h1-6,8-9,14H,7H2. The van der Waals surface area contributed by atoms with Gasteiger partial charge in [-0.05, 0) is 11.6 Å². The summed E-state index contributed by atoms with van der Waals surface area (Å²) in [5.41, 5.74) is 3.79. The lowest BCUT2D eigenvalue weighted by atomic mass is 10.1. The Hall–Kier alpha value is -2.03. The van der Waals surface area contributed by atoms with Crippen molar-refractivity contribution in [2.24, 2.45) is 0 Å². The third-order valence-corrected chi connectivity index (χ3v) is 2.57. The van der Waals surface area contributed by atoms with Crippen molar-refractivity contribution in [2.45, 2.75) is 0 Å². The van der Waals surface area contributed by atoms with E-state index in [0.29, 0.717) is 0 Å². The summed E-state index contributed by atoms with van der Waals surface area (Å²) in [4.78, 5) is 4.02. The number of benzene rings is 1. The lowest BCUT2D eigenvalue weighted by Crippen LogP contribution is -1.92. The quantitative estimate of drug-likeness (QED) is 0.760. The number of fused-ring (bicyclic) bond motifs is 1. The molecular weight excluding hydrogens is 186 g/mol. The highest BCUT2D eigenvalue weighted by molar-refractivity contribution is 5.89. The number of rotatable bonds is 1. The van der Waals surface area contributed by atoms with Crippen LogP contribution in [0, 0.1) is 0 Å². The van der Waals surface area contributed by atoms with Crippen LogP contribution in [-0.2, 0) is 0 Å². The van der Waals surface area contributed by atoms with Crippen LogP contribution in [0.5, 0.6) is 0 Å². The molecule has 0 aliphatic carbocycles. The van der Waals surface area contributed by atoms with Gasteiger partial charge in [0.2, 0.25) is 0 Å². The monoisotopic (exact) mass is 197 g/mol. The number of hydrogen-bond acceptors (Lipinski definition) is 2. The van der Waals surface area contributed by atoms with Gasteiger partial charge in [0.1, 0.15) is 0 Å². The number of nitrogens with zero attached hydrogens (tertiary/aromatic N) is 2. The molecule has 2 aromatic rings. The van der Waals surface area contributed by atoms with E-state index in [4.69, 9.17) is 0 Å². The Morgan fingerprint density at radius 3 is 3.13 bits per heavy atom. The molecular formula is C12H11N3. The van der Waals surface area contributed by atoms with Gasteiger partial charge in [-0.15, -0.1) is 0 Å². The van der Waals surface area contributed by atoms with E-state index in [9.17, 15) is 0 Å². The predicted octanol–water partition coefficient (Wildman–Crippen LogP) is 2.31. The number of imidazole rings is 1. The van der Waals surface area contributed by atoms with Gasteiger partial charge in [0.05, 0.1) is 6.33 Å². The molecule has 0 saturated heterocycles. The molecule has 0 amide bonds. The molecule has 0 unspecified atom stereocenters. The summed E-state index contributed by atoms with van der Waals surface area (Å²) in [5, 5.41) is 3.36. The molecule has 0 bridgehead atoms. The van der Waals surface area contributed by atoms with Crippen molar-refractivity contribution in [2.75, 3.05) is 11.9 Å². The third kappa shape index (κ3) is 1.42. The fraction of sp³-hybridized carbons (Fsp3) is 0.0833. The average Bonchev–Trinajstić information content (AvgIpc) is 2.89. The summed E-state index contributed by atoms with van der Waals surface area (Å²) in [5.74, 6) is 0. The molecule has 74 valence electrons. The van der Waals surface area contributed by atoms with E-state index in [1.54, 1.807) is 12.5 Å². The van der Waals surface area contributed by atoms with E-state index in [1.165, 1.54) is 16.8 Å². The summed E-state index contributed by atoms with van der Waals surface area (Å²) in [7, 11) is 0. The summed E-state index contributed by atoms with van der Waals surface area (Å²) >= 11 is 0. The number of nitrogens with one attached hydrogen (secondary N) is 1. The molecule has 0 spiro atoms. The molecule has 1 aromatic heterocycles. The highest BCUT2D eigenvalue weighted by Gasteiger charge is 2.13. The average molecular weight is 197 g/mol. The van der Waals surface area contributed by atoms with Crippen LogP contribution in [0.3, 0.4) is 0 Å². The minimum absolute atomic E-state index is 0.886. The molecule has 0 radical (unpaired) electrons. The van der Waals surface area contributed by atoms with Gasteiger partial charge in [0.15, 0.2) is 0 Å². The normalized spacial score (nSPS) is 16.4. The van der Waals surface area contributed by atoms with Crippen LogP contribution in [0.15, 0.2) is 43.0 Å². The highest BCUT2D eigenvalue weighted by atomic mass is 15.0. The van der Waals surface area contributed by atoms with Crippen molar-refractivity contribution < 1.29 is 0 Å². The van der Waals surface area contributed by atoms with Gasteiger partial charge < -0.3 is 9.88 Å². The van der Waals surface area contributed by atoms with Crippen molar-refractivity contribution in [1.82, 2.24) is 9.55 Å². The summed E-state index contributed by atoms with van der Waals surface area (Å²) in [6.45, 7) is 0.886. The van der Waals surface area contributed by atoms with Crippen LogP contribution in [0.2, 0.25) is 0 Å². The number of aromatic nitrogens is 2. The molecule has 15 heavy (non-hydrogen) atoms. The van der Waals surface area contributed by atoms with E-state index < -0.39 is 0 Å². The molecule has 3 heteroatoms. The number of anilines is 1.